The van der Waals surface area contributed by atoms with E-state index in [1.807, 2.05) is 6.07 Å². The Kier molecular flexibility index (Phi) is 7.50. The monoisotopic (exact) mass is 455 g/mol. The molecule has 1 N–H and O–H groups in total. The Balaban J connectivity index is 1.71. The highest BCUT2D eigenvalue weighted by atomic mass is 127. The number of halogens is 2. The first-order valence-electron chi connectivity index (χ1n) is 6.72. The van der Waals surface area contributed by atoms with Crippen LogP contribution in [-0.4, -0.2) is 55.0 Å². The maximum Gasteiger partial charge on any atom is 0.0910 e. The molecule has 0 aromatic carbocycles. The van der Waals surface area contributed by atoms with E-state index >= 15 is 0 Å². The van der Waals surface area contributed by atoms with Crippen LogP contribution in [0.15, 0.2) is 18.5 Å². The van der Waals surface area contributed by atoms with E-state index in [-0.39, 0.29) is 0 Å². The molecule has 1 unspecified atom stereocenters. The van der Waals surface area contributed by atoms with E-state index in [0.29, 0.717) is 6.61 Å². The molecule has 1 aromatic rings. The largest absolute Gasteiger partial charge is 0.389 e. The summed E-state index contributed by atoms with van der Waals surface area (Å²) in [6.07, 6.45) is 6.77. The summed E-state index contributed by atoms with van der Waals surface area (Å²) in [5.74, 6) is 0. The summed E-state index contributed by atoms with van der Waals surface area (Å²) in [5, 5.41) is 17.6. The molecule has 1 fully saturated rings. The van der Waals surface area contributed by atoms with E-state index in [1.165, 1.54) is 19.3 Å². The topological polar surface area (TPSA) is 58.5 Å². The number of piperidine rings is 1. The van der Waals surface area contributed by atoms with Gasteiger partial charge in [0.15, 0.2) is 0 Å². The van der Waals surface area contributed by atoms with Gasteiger partial charge in [0, 0.05) is 12.1 Å². The lowest BCUT2D eigenvalue weighted by molar-refractivity contribution is 0.0745. The highest BCUT2D eigenvalue weighted by molar-refractivity contribution is 14.2. The van der Waals surface area contributed by atoms with E-state index < -0.39 is 27.2 Å². The summed E-state index contributed by atoms with van der Waals surface area (Å²) in [4.78, 5) is 2.32. The molecule has 1 aliphatic rings. The fourth-order valence-corrected chi connectivity index (χ4v) is 4.35. The predicted molar refractivity (Wildman–Crippen MR) is 91.3 cm³/mol. The van der Waals surface area contributed by atoms with Crippen LogP contribution in [0.4, 0.5) is 0 Å². The quantitative estimate of drug-likeness (QED) is 0.665. The summed E-state index contributed by atoms with van der Waals surface area (Å²) in [7, 11) is 0. The smallest absolute Gasteiger partial charge is 0.0910 e. The first-order valence-corrected chi connectivity index (χ1v) is 9.47. The van der Waals surface area contributed by atoms with Crippen LogP contribution in [0.25, 0.3) is 0 Å². The van der Waals surface area contributed by atoms with E-state index in [9.17, 15) is 5.11 Å². The molecule has 1 aliphatic heterocycles. The maximum atomic E-state index is 9.99. The van der Waals surface area contributed by atoms with Gasteiger partial charge in [-0.25, -0.2) is 0 Å². The molecular formula is C13H19BrIN3O2. The molecule has 0 aliphatic carbocycles. The number of hydrogen-bond donors (Lipinski definition) is 1. The average Bonchev–Trinajstić information content (AvgIpc) is 2.49. The first kappa shape index (κ1) is 16.4. The normalized spacial score (nSPS) is 19.4. The number of likely N-dealkylation sites (tertiary alicyclic amines) is 1. The third-order valence-corrected chi connectivity index (χ3v) is 6.06. The van der Waals surface area contributed by atoms with Crippen LogP contribution in [0.2, 0.25) is 0 Å². The Morgan fingerprint density at radius 3 is 2.90 bits per heavy atom. The molecular weight excluding hydrogens is 437 g/mol. The lowest BCUT2D eigenvalue weighted by atomic mass is 10.1. The van der Waals surface area contributed by atoms with Crippen molar-refractivity contribution in [2.45, 2.75) is 25.4 Å². The van der Waals surface area contributed by atoms with Gasteiger partial charge in [0.2, 0.25) is 0 Å². The predicted octanol–water partition coefficient (Wildman–Crippen LogP) is 2.10. The lowest BCUT2D eigenvalue weighted by Crippen LogP contribution is -2.37. The van der Waals surface area contributed by atoms with Gasteiger partial charge in [0.05, 0.1) is 48.7 Å². The highest BCUT2D eigenvalue weighted by Gasteiger charge is 2.14. The first-order chi connectivity index (χ1) is 9.75. The van der Waals surface area contributed by atoms with Gasteiger partial charge < -0.3 is 13.1 Å². The average molecular weight is 456 g/mol. The Morgan fingerprint density at radius 1 is 1.40 bits per heavy atom. The highest BCUT2D eigenvalue weighted by Crippen LogP contribution is 2.16. The molecule has 5 nitrogen and oxygen atoms in total. The minimum Gasteiger partial charge on any atom is -0.389 e. The molecule has 1 atom stereocenters. The zero-order valence-corrected chi connectivity index (χ0v) is 15.0. The van der Waals surface area contributed by atoms with Crippen LogP contribution < -0.4 is 0 Å². The number of rotatable bonds is 6. The summed E-state index contributed by atoms with van der Waals surface area (Å²) in [6, 6.07) is 1.89. The molecule has 0 saturated carbocycles. The molecule has 20 heavy (non-hydrogen) atoms. The molecule has 0 amide bonds. The van der Waals surface area contributed by atoms with E-state index in [0.717, 1.165) is 27.6 Å². The zero-order valence-electron chi connectivity index (χ0n) is 11.2. The molecule has 1 aromatic heterocycles. The van der Waals surface area contributed by atoms with Crippen molar-refractivity contribution in [2.75, 3.05) is 26.2 Å². The van der Waals surface area contributed by atoms with Crippen molar-refractivity contribution in [3.8, 4) is 0 Å². The van der Waals surface area contributed by atoms with Crippen molar-refractivity contribution in [3.05, 3.63) is 24.0 Å². The molecule has 0 spiro atoms. The van der Waals surface area contributed by atoms with E-state index in [4.69, 9.17) is 3.07 Å². The molecule has 7 heteroatoms. The van der Waals surface area contributed by atoms with Crippen molar-refractivity contribution in [1.29, 1.82) is 0 Å². The van der Waals surface area contributed by atoms with Crippen molar-refractivity contribution in [3.63, 3.8) is 0 Å². The Labute approximate surface area is 138 Å². The van der Waals surface area contributed by atoms with Gasteiger partial charge in [-0.3, -0.25) is 0 Å². The van der Waals surface area contributed by atoms with Crippen LogP contribution in [0, 0.1) is 0 Å². The number of hydrogen-bond acceptors (Lipinski definition) is 5. The lowest BCUT2D eigenvalue weighted by Gasteiger charge is -2.28. The molecule has 112 valence electrons. The Morgan fingerprint density at radius 2 is 2.20 bits per heavy atom. The summed E-state index contributed by atoms with van der Waals surface area (Å²) in [5.41, 5.74) is 0.998. The number of aliphatic hydroxyl groups excluding tert-OH is 1. The second-order valence-corrected chi connectivity index (χ2v) is 9.18. The number of aromatic nitrogens is 2. The zero-order chi connectivity index (χ0) is 14.2. The van der Waals surface area contributed by atoms with Gasteiger partial charge in [-0.05, 0) is 47.9 Å². The number of nitrogens with zero attached hydrogens (tertiary/aromatic N) is 3. The molecule has 1 saturated heterocycles. The van der Waals surface area contributed by atoms with E-state index in [1.54, 1.807) is 12.4 Å². The minimum absolute atomic E-state index is 0.399. The number of aliphatic hydroxyl groups is 1. The maximum absolute atomic E-state index is 9.99. The van der Waals surface area contributed by atoms with E-state index in [2.05, 4.69) is 31.0 Å². The van der Waals surface area contributed by atoms with Crippen LogP contribution in [0.3, 0.4) is 0 Å². The Hall–Kier alpha value is 0.0400. The SMILES string of the molecule is OC(COI=C(Br)c1ccnnc1)CN1CCCCC1. The van der Waals surface area contributed by atoms with Crippen molar-refractivity contribution in [2.24, 2.45) is 0 Å². The molecule has 2 heterocycles. The van der Waals surface area contributed by atoms with Gasteiger partial charge in [0.25, 0.3) is 0 Å². The molecule has 0 bridgehead atoms. The van der Waals surface area contributed by atoms with Gasteiger partial charge in [0.1, 0.15) is 0 Å². The Bertz CT molecular complexity index is 427. The fourth-order valence-electron chi connectivity index (χ4n) is 2.09. The van der Waals surface area contributed by atoms with Crippen molar-refractivity contribution in [1.82, 2.24) is 15.1 Å². The van der Waals surface area contributed by atoms with Crippen LogP contribution in [0.5, 0.6) is 0 Å². The third kappa shape index (κ3) is 5.80. The van der Waals surface area contributed by atoms with Gasteiger partial charge >= 0.3 is 0 Å². The van der Waals surface area contributed by atoms with Gasteiger partial charge in [-0.15, -0.1) is 0 Å². The summed E-state index contributed by atoms with van der Waals surface area (Å²) >= 11 is 2.93. The van der Waals surface area contributed by atoms with Crippen LogP contribution >= 0.6 is 37.1 Å². The molecule has 2 rings (SSSR count). The molecule has 0 radical (unpaired) electrons. The summed E-state index contributed by atoms with van der Waals surface area (Å²) in [6.45, 7) is 3.32. The van der Waals surface area contributed by atoms with Crippen LogP contribution in [-0.2, 0) is 3.07 Å². The standard InChI is InChI=1S/C13H19BrIN3O2/c14-13(11-4-5-16-17-8-11)15-20-10-12(19)9-18-6-2-1-3-7-18/h4-5,8,12,19H,1-3,6-7,9-10H2. The number of β-amino-alcohol motifs (C(OH)–C–C–N with tert-alkyl or cyclic N) is 1. The van der Waals surface area contributed by atoms with Gasteiger partial charge in [-0.2, -0.15) is 10.2 Å². The van der Waals surface area contributed by atoms with Crippen molar-refractivity contribution >= 4 is 39.5 Å². The second kappa shape index (κ2) is 9.14. The summed E-state index contributed by atoms with van der Waals surface area (Å²) < 4.78 is 6.68. The fraction of sp³-hybridized carbons (Fsp3) is 0.615. The van der Waals surface area contributed by atoms with Crippen LogP contribution in [0.1, 0.15) is 24.8 Å². The van der Waals surface area contributed by atoms with Crippen molar-refractivity contribution < 1.29 is 8.17 Å². The van der Waals surface area contributed by atoms with Gasteiger partial charge in [-0.1, -0.05) is 6.42 Å². The second-order valence-electron chi connectivity index (χ2n) is 4.76. The minimum atomic E-state index is -0.588. The third-order valence-electron chi connectivity index (χ3n) is 3.10.